The number of ether oxygens (including phenoxy) is 5. The third-order valence-electron chi connectivity index (χ3n) is 14.7. The van der Waals surface area contributed by atoms with Gasteiger partial charge in [-0.2, -0.15) is 0 Å². The van der Waals surface area contributed by atoms with Gasteiger partial charge in [-0.1, -0.05) is 259 Å². The molecule has 0 aromatic carbocycles. The fourth-order valence-corrected chi connectivity index (χ4v) is 9.65. The molecule has 12 heteroatoms. The lowest BCUT2D eigenvalue weighted by Crippen LogP contribution is -2.61. The summed E-state index contributed by atoms with van der Waals surface area (Å²) in [4.78, 5) is 51.4. The fourth-order valence-electron chi connectivity index (χ4n) is 9.65. The highest BCUT2D eigenvalue weighted by atomic mass is 16.7. The van der Waals surface area contributed by atoms with Gasteiger partial charge in [0, 0.05) is 19.3 Å². The predicted molar refractivity (Wildman–Crippen MR) is 340 cm³/mol. The van der Waals surface area contributed by atoms with Crippen molar-refractivity contribution in [2.24, 2.45) is 0 Å². The smallest absolute Gasteiger partial charge is 0.335 e. The number of rotatable bonds is 56. The van der Waals surface area contributed by atoms with Gasteiger partial charge in [-0.3, -0.25) is 14.4 Å². The van der Waals surface area contributed by atoms with Crippen molar-refractivity contribution in [3.05, 3.63) is 97.2 Å². The summed E-state index contributed by atoms with van der Waals surface area (Å²) in [5, 5.41) is 31.6. The molecule has 0 aromatic heterocycles. The molecule has 0 saturated carbocycles. The first-order valence-electron chi connectivity index (χ1n) is 33.2. The Labute approximate surface area is 504 Å². The van der Waals surface area contributed by atoms with Crippen LogP contribution < -0.4 is 0 Å². The van der Waals surface area contributed by atoms with E-state index in [1.165, 1.54) is 64.2 Å². The van der Waals surface area contributed by atoms with Crippen molar-refractivity contribution in [1.29, 1.82) is 0 Å². The summed E-state index contributed by atoms with van der Waals surface area (Å²) >= 11 is 0. The van der Waals surface area contributed by atoms with Gasteiger partial charge >= 0.3 is 23.9 Å². The van der Waals surface area contributed by atoms with Crippen LogP contribution >= 0.6 is 0 Å². The highest BCUT2D eigenvalue weighted by molar-refractivity contribution is 5.74. The van der Waals surface area contributed by atoms with E-state index in [9.17, 15) is 34.5 Å². The molecule has 474 valence electrons. The van der Waals surface area contributed by atoms with E-state index in [1.807, 2.05) is 0 Å². The number of hydrogen-bond acceptors (Lipinski definition) is 11. The number of carboxylic acid groups (broad SMARTS) is 1. The number of carbonyl (C=O) groups excluding carboxylic acids is 3. The van der Waals surface area contributed by atoms with Gasteiger partial charge in [0.1, 0.15) is 18.8 Å². The van der Waals surface area contributed by atoms with E-state index in [0.29, 0.717) is 19.3 Å². The van der Waals surface area contributed by atoms with E-state index >= 15 is 0 Å². The number of aliphatic carboxylic acids is 1. The molecule has 1 heterocycles. The van der Waals surface area contributed by atoms with Gasteiger partial charge in [0.15, 0.2) is 24.6 Å². The highest BCUT2D eigenvalue weighted by Gasteiger charge is 2.50. The van der Waals surface area contributed by atoms with Crippen molar-refractivity contribution in [1.82, 2.24) is 0 Å². The maximum Gasteiger partial charge on any atom is 0.335 e. The normalized spacial score (nSPS) is 18.2. The second-order valence-electron chi connectivity index (χ2n) is 22.3. The molecule has 1 fully saturated rings. The molecule has 1 saturated heterocycles. The summed E-state index contributed by atoms with van der Waals surface area (Å²) in [6, 6.07) is 0. The first kappa shape index (κ1) is 76.7. The summed E-state index contributed by atoms with van der Waals surface area (Å²) in [5.74, 6) is -3.15. The number of carbonyl (C=O) groups is 4. The molecule has 12 nitrogen and oxygen atoms in total. The van der Waals surface area contributed by atoms with Gasteiger partial charge in [0.25, 0.3) is 0 Å². The van der Waals surface area contributed by atoms with Crippen molar-refractivity contribution in [2.75, 3.05) is 13.2 Å². The first-order valence-corrected chi connectivity index (χ1v) is 33.2. The molecule has 0 radical (unpaired) electrons. The number of carboxylic acids is 1. The standard InChI is InChI=1S/C71H118O12/c1-4-7-10-13-16-19-22-25-28-30-32-34-37-39-42-45-48-51-54-57-63(72)79-60-62(81-64(73)58-55-52-49-46-43-41-38-35-33-31-29-26-23-20-17-14-11-8-5-2)61-80-71-69(67(76)66(75)68(83-71)70(77)78)82-65(74)59-56-53-50-47-44-40-36-27-24-21-18-15-12-9-6-3/h7-8,10-11,16-17,19-20,25-26,28-29,32-35,62,66-69,71,75-76H,4-6,9,12-15,18,21-24,27,30-31,36-61H2,1-3H3,(H,77,78)/b10-7-,11-8-,19-16-,20-17-,28-25-,29-26-,34-32-,35-33-. The van der Waals surface area contributed by atoms with Crippen LogP contribution in [0.4, 0.5) is 0 Å². The number of allylic oxidation sites excluding steroid dienone is 16. The van der Waals surface area contributed by atoms with E-state index in [2.05, 4.69) is 118 Å². The summed E-state index contributed by atoms with van der Waals surface area (Å²) in [6.45, 7) is 5.77. The zero-order valence-corrected chi connectivity index (χ0v) is 52.4. The number of hydrogen-bond donors (Lipinski definition) is 3. The molecular weight excluding hydrogens is 1040 g/mol. The fraction of sp³-hybridized carbons (Fsp3) is 0.718. The van der Waals surface area contributed by atoms with Crippen LogP contribution in [0.2, 0.25) is 0 Å². The van der Waals surface area contributed by atoms with E-state index in [4.69, 9.17) is 23.7 Å². The van der Waals surface area contributed by atoms with Crippen LogP contribution in [0.5, 0.6) is 0 Å². The molecule has 3 N–H and O–H groups in total. The molecule has 0 amide bonds. The Hall–Kier alpha value is -4.36. The molecule has 0 bridgehead atoms. The molecule has 6 atom stereocenters. The van der Waals surface area contributed by atoms with Crippen molar-refractivity contribution >= 4 is 23.9 Å². The third kappa shape index (κ3) is 47.6. The van der Waals surface area contributed by atoms with Crippen molar-refractivity contribution < 1.29 is 58.2 Å². The van der Waals surface area contributed by atoms with Crippen molar-refractivity contribution in [3.8, 4) is 0 Å². The minimum absolute atomic E-state index is 0.0571. The van der Waals surface area contributed by atoms with Crippen LogP contribution in [0.15, 0.2) is 97.2 Å². The van der Waals surface area contributed by atoms with Crippen LogP contribution in [0, 0.1) is 0 Å². The average molecular weight is 1160 g/mol. The molecular formula is C71H118O12. The number of esters is 3. The van der Waals surface area contributed by atoms with E-state index < -0.39 is 67.3 Å². The number of aliphatic hydroxyl groups excluding tert-OH is 2. The molecule has 83 heavy (non-hydrogen) atoms. The minimum atomic E-state index is -1.91. The lowest BCUT2D eigenvalue weighted by Gasteiger charge is -2.40. The van der Waals surface area contributed by atoms with Crippen molar-refractivity contribution in [3.63, 3.8) is 0 Å². The lowest BCUT2D eigenvalue weighted by atomic mass is 9.98. The minimum Gasteiger partial charge on any atom is -0.479 e. The Morgan fingerprint density at radius 1 is 0.410 bits per heavy atom. The Bertz CT molecular complexity index is 1810. The van der Waals surface area contributed by atoms with Crippen LogP contribution in [0.1, 0.15) is 278 Å². The molecule has 0 spiro atoms. The molecule has 6 unspecified atom stereocenters. The molecule has 1 aliphatic heterocycles. The van der Waals surface area contributed by atoms with Gasteiger partial charge in [-0.25, -0.2) is 4.79 Å². The zero-order chi connectivity index (χ0) is 60.3. The van der Waals surface area contributed by atoms with Gasteiger partial charge in [-0.05, 0) is 96.3 Å². The lowest BCUT2D eigenvalue weighted by molar-refractivity contribution is -0.301. The highest BCUT2D eigenvalue weighted by Crippen LogP contribution is 2.27. The monoisotopic (exact) mass is 1160 g/mol. The summed E-state index contributed by atoms with van der Waals surface area (Å²) in [7, 11) is 0. The molecule has 0 aromatic rings. The number of aliphatic hydroxyl groups is 2. The summed E-state index contributed by atoms with van der Waals surface area (Å²) < 4.78 is 28.6. The maximum absolute atomic E-state index is 13.2. The van der Waals surface area contributed by atoms with Crippen LogP contribution in [-0.2, 0) is 42.9 Å². The maximum atomic E-state index is 13.2. The Kier molecular flexibility index (Phi) is 53.6. The summed E-state index contributed by atoms with van der Waals surface area (Å²) in [6.07, 6.45) is 65.0. The van der Waals surface area contributed by atoms with Crippen molar-refractivity contribution in [2.45, 2.75) is 314 Å². The van der Waals surface area contributed by atoms with Crippen LogP contribution in [-0.4, -0.2) is 89.2 Å². The van der Waals surface area contributed by atoms with Crippen LogP contribution in [0.3, 0.4) is 0 Å². The van der Waals surface area contributed by atoms with Gasteiger partial charge in [0.2, 0.25) is 0 Å². The topological polar surface area (TPSA) is 175 Å². The Morgan fingerprint density at radius 3 is 1.16 bits per heavy atom. The molecule has 0 aliphatic carbocycles. The number of unbranched alkanes of at least 4 members (excludes halogenated alkanes) is 26. The second-order valence-corrected chi connectivity index (χ2v) is 22.3. The quantitative estimate of drug-likeness (QED) is 0.0228. The first-order chi connectivity index (χ1) is 40.6. The van der Waals surface area contributed by atoms with E-state index in [0.717, 1.165) is 154 Å². The predicted octanol–water partition coefficient (Wildman–Crippen LogP) is 18.0. The van der Waals surface area contributed by atoms with E-state index in [1.54, 1.807) is 0 Å². The SMILES string of the molecule is CC/C=C\C/C=C\C/C=C\C/C=C\CCCCCCCCC(=O)OCC(COC1OC(C(=O)O)C(O)C(O)C1OC(=O)CCCCCCCCCCCCCCCCC)OC(=O)CCCCCCCC/C=C\C/C=C\C/C=C\C/C=C\CC. The summed E-state index contributed by atoms with van der Waals surface area (Å²) in [5.41, 5.74) is 0. The second kappa shape index (κ2) is 58.0. The van der Waals surface area contributed by atoms with Gasteiger partial charge in [-0.15, -0.1) is 0 Å². The third-order valence-corrected chi connectivity index (χ3v) is 14.7. The van der Waals surface area contributed by atoms with Gasteiger partial charge in [0.05, 0.1) is 6.61 Å². The van der Waals surface area contributed by atoms with Gasteiger partial charge < -0.3 is 39.0 Å². The largest absolute Gasteiger partial charge is 0.479 e. The zero-order valence-electron chi connectivity index (χ0n) is 52.4. The molecule has 1 rings (SSSR count). The van der Waals surface area contributed by atoms with E-state index in [-0.39, 0.29) is 25.9 Å². The average Bonchev–Trinajstić information content (AvgIpc) is 3.58. The Morgan fingerprint density at radius 2 is 0.759 bits per heavy atom. The molecule has 1 aliphatic rings. The van der Waals surface area contributed by atoms with Crippen LogP contribution in [0.25, 0.3) is 0 Å². The Balaban J connectivity index is 2.68.